The average Bonchev–Trinajstić information content (AvgIpc) is 3.66. The first-order chi connectivity index (χ1) is 22.8. The van der Waals surface area contributed by atoms with E-state index >= 15 is 0 Å². The second-order valence-electron chi connectivity index (χ2n) is 15.0. The minimum absolute atomic E-state index is 0.0115. The Kier molecular flexibility index (Phi) is 11.4. The topological polar surface area (TPSA) is 200 Å². The Morgan fingerprint density at radius 1 is 1.04 bits per heavy atom. The zero-order valence-corrected chi connectivity index (χ0v) is 28.7. The summed E-state index contributed by atoms with van der Waals surface area (Å²) < 4.78 is 27.2. The summed E-state index contributed by atoms with van der Waals surface area (Å²) in [5.41, 5.74) is -2.20. The van der Waals surface area contributed by atoms with Gasteiger partial charge in [-0.1, -0.05) is 34.6 Å². The predicted molar refractivity (Wildman–Crippen MR) is 171 cm³/mol. The highest BCUT2D eigenvalue weighted by Crippen LogP contribution is 2.48. The highest BCUT2D eigenvalue weighted by Gasteiger charge is 2.58. The van der Waals surface area contributed by atoms with Crippen LogP contribution in [0.4, 0.5) is 8.78 Å². The quantitative estimate of drug-likeness (QED) is 0.185. The minimum Gasteiger partial charge on any atom is -0.390 e. The fourth-order valence-electron chi connectivity index (χ4n) is 6.66. The van der Waals surface area contributed by atoms with Crippen molar-refractivity contribution in [2.75, 3.05) is 6.54 Å². The van der Waals surface area contributed by atoms with Crippen LogP contribution in [0, 0.1) is 23.2 Å². The Hall–Kier alpha value is -4.08. The Morgan fingerprint density at radius 3 is 2.27 bits per heavy atom. The van der Waals surface area contributed by atoms with E-state index in [1.165, 1.54) is 23.5 Å². The molecule has 3 aliphatic rings. The Balaban J connectivity index is 1.60. The van der Waals surface area contributed by atoms with Gasteiger partial charge in [-0.05, 0) is 49.9 Å². The van der Waals surface area contributed by atoms with E-state index < -0.39 is 101 Å². The van der Waals surface area contributed by atoms with Crippen molar-refractivity contribution >= 4 is 35.3 Å². The maximum atomic E-state index is 14.4. The standard InChI is InChI=1S/C33H47F2N7O7/c1-16(2)23(40-27(44)21-14-36-11-12-37-21)28(45)41-26(32(3,4)5)31(48)42-15-19-18(9-10-33(19,6)49)24(42)29(46)39-20(13-22(34)35)25(43)30(47)38-17-7-8-17/h11-12,14,16-20,22-24,26,49H,7-10,13,15H2,1-6H3,(H,38,47)(H,39,46)(H,40,44)(H,41,45)/t18-,19-,20?,23+,24?,26+,33+/m0/s1. The number of alkyl halides is 2. The molecule has 0 aromatic carbocycles. The number of fused-ring (bicyclic) bond motifs is 1. The van der Waals surface area contributed by atoms with Gasteiger partial charge < -0.3 is 31.3 Å². The summed E-state index contributed by atoms with van der Waals surface area (Å²) in [6, 6.07) is -5.68. The predicted octanol–water partition coefficient (Wildman–Crippen LogP) is 0.738. The maximum Gasteiger partial charge on any atom is 0.289 e. The number of ketones is 1. The molecule has 1 saturated heterocycles. The van der Waals surface area contributed by atoms with E-state index in [0.29, 0.717) is 25.7 Å². The van der Waals surface area contributed by atoms with E-state index in [2.05, 4.69) is 31.2 Å². The molecule has 1 aromatic heterocycles. The summed E-state index contributed by atoms with van der Waals surface area (Å²) in [4.78, 5) is 89.4. The third kappa shape index (κ3) is 8.94. The fourth-order valence-corrected chi connectivity index (χ4v) is 6.66. The fraction of sp³-hybridized carbons (Fsp3) is 0.697. The van der Waals surface area contributed by atoms with Crippen LogP contribution in [0.2, 0.25) is 0 Å². The van der Waals surface area contributed by atoms with Gasteiger partial charge >= 0.3 is 0 Å². The monoisotopic (exact) mass is 691 g/mol. The number of hydrogen-bond acceptors (Lipinski definition) is 9. The number of nitrogens with zero attached hydrogens (tertiary/aromatic N) is 3. The van der Waals surface area contributed by atoms with Gasteiger partial charge in [0.1, 0.15) is 29.9 Å². The van der Waals surface area contributed by atoms with E-state index in [1.54, 1.807) is 41.5 Å². The summed E-state index contributed by atoms with van der Waals surface area (Å²) in [5.74, 6) is -6.76. The SMILES string of the molecule is CC(C)[C@@H](NC(=O)c1cnccn1)C(=O)N[C@H](C(=O)N1C[C@H]2[C@H](CC[C@@]2(C)O)C1C(=O)NC(CC(F)F)C(=O)C(=O)NC1CC1)C(C)(C)C. The number of aliphatic hydroxyl groups is 1. The summed E-state index contributed by atoms with van der Waals surface area (Å²) >= 11 is 0. The van der Waals surface area contributed by atoms with Crippen LogP contribution in [-0.4, -0.2) is 104 Å². The molecule has 5 N–H and O–H groups in total. The van der Waals surface area contributed by atoms with E-state index in [1.807, 2.05) is 0 Å². The molecule has 0 radical (unpaired) electrons. The molecule has 7 atom stereocenters. The van der Waals surface area contributed by atoms with Gasteiger partial charge in [-0.15, -0.1) is 0 Å². The van der Waals surface area contributed by atoms with Crippen LogP contribution < -0.4 is 21.3 Å². The van der Waals surface area contributed by atoms with Gasteiger partial charge in [0, 0.05) is 37.3 Å². The number of carbonyl (C=O) groups excluding carboxylic acids is 6. The highest BCUT2D eigenvalue weighted by molar-refractivity contribution is 6.38. The van der Waals surface area contributed by atoms with Gasteiger partial charge in [-0.2, -0.15) is 0 Å². The van der Waals surface area contributed by atoms with Crippen LogP contribution in [0.3, 0.4) is 0 Å². The molecule has 14 nitrogen and oxygen atoms in total. The Labute approximate surface area is 283 Å². The number of rotatable bonds is 13. The van der Waals surface area contributed by atoms with Crippen molar-refractivity contribution in [3.05, 3.63) is 24.3 Å². The molecule has 2 heterocycles. The summed E-state index contributed by atoms with van der Waals surface area (Å²) in [6.45, 7) is 10.1. The van der Waals surface area contributed by atoms with Crippen molar-refractivity contribution in [1.82, 2.24) is 36.1 Å². The number of aromatic nitrogens is 2. The van der Waals surface area contributed by atoms with Crippen molar-refractivity contribution in [3.8, 4) is 0 Å². The molecule has 0 bridgehead atoms. The summed E-state index contributed by atoms with van der Waals surface area (Å²) in [6.07, 6.45) is 1.80. The van der Waals surface area contributed by atoms with E-state index in [-0.39, 0.29) is 18.3 Å². The molecular formula is C33H47F2N7O7. The van der Waals surface area contributed by atoms with Gasteiger partial charge in [0.05, 0.1) is 11.8 Å². The molecular weight excluding hydrogens is 644 g/mol. The minimum atomic E-state index is -3.02. The lowest BCUT2D eigenvalue weighted by molar-refractivity contribution is -0.146. The molecule has 4 rings (SSSR count). The van der Waals surface area contributed by atoms with Crippen LogP contribution in [-0.2, 0) is 24.0 Å². The van der Waals surface area contributed by atoms with Crippen LogP contribution in [0.1, 0.15) is 84.1 Å². The van der Waals surface area contributed by atoms with Gasteiger partial charge in [-0.25, -0.2) is 13.8 Å². The number of hydrogen-bond donors (Lipinski definition) is 5. The molecule has 0 spiro atoms. The number of likely N-dealkylation sites (tertiary alicyclic amines) is 1. The van der Waals surface area contributed by atoms with E-state index in [0.717, 1.165) is 0 Å². The lowest BCUT2D eigenvalue weighted by Crippen LogP contribution is -2.62. The first-order valence-electron chi connectivity index (χ1n) is 16.6. The third-order valence-corrected chi connectivity index (χ3v) is 9.60. The Bertz CT molecular complexity index is 1430. The molecule has 16 heteroatoms. The van der Waals surface area contributed by atoms with Gasteiger partial charge in [0.15, 0.2) is 0 Å². The smallest absolute Gasteiger partial charge is 0.289 e. The lowest BCUT2D eigenvalue weighted by atomic mass is 9.84. The molecule has 5 amide bonds. The summed E-state index contributed by atoms with van der Waals surface area (Å²) in [5, 5.41) is 21.4. The second kappa shape index (κ2) is 14.8. The number of amides is 5. The van der Waals surface area contributed by atoms with Gasteiger partial charge in [0.25, 0.3) is 11.8 Å². The molecule has 49 heavy (non-hydrogen) atoms. The van der Waals surface area contributed by atoms with Crippen molar-refractivity contribution in [2.24, 2.45) is 23.2 Å². The molecule has 2 aliphatic carbocycles. The first kappa shape index (κ1) is 37.7. The maximum absolute atomic E-state index is 14.4. The van der Waals surface area contributed by atoms with Crippen LogP contribution in [0.25, 0.3) is 0 Å². The van der Waals surface area contributed by atoms with Gasteiger partial charge in [0.2, 0.25) is 29.9 Å². The Morgan fingerprint density at radius 2 is 1.71 bits per heavy atom. The van der Waals surface area contributed by atoms with Crippen LogP contribution in [0.15, 0.2) is 18.6 Å². The molecule has 1 aromatic rings. The van der Waals surface area contributed by atoms with Gasteiger partial charge in [-0.3, -0.25) is 33.8 Å². The summed E-state index contributed by atoms with van der Waals surface area (Å²) in [7, 11) is 0. The average molecular weight is 692 g/mol. The number of carbonyl (C=O) groups is 6. The normalized spacial score (nSPS) is 25.3. The first-order valence-corrected chi connectivity index (χ1v) is 16.6. The van der Waals surface area contributed by atoms with Crippen molar-refractivity contribution in [1.29, 1.82) is 0 Å². The molecule has 270 valence electrons. The van der Waals surface area contributed by atoms with Crippen LogP contribution >= 0.6 is 0 Å². The zero-order valence-electron chi connectivity index (χ0n) is 28.7. The third-order valence-electron chi connectivity index (χ3n) is 9.60. The van der Waals surface area contributed by atoms with Crippen LogP contribution in [0.5, 0.6) is 0 Å². The highest BCUT2D eigenvalue weighted by atomic mass is 19.3. The molecule has 2 unspecified atom stereocenters. The lowest BCUT2D eigenvalue weighted by Gasteiger charge is -2.37. The number of Topliss-reactive ketones (excluding diaryl/α,β-unsaturated/α-hetero) is 1. The van der Waals surface area contributed by atoms with Crippen molar-refractivity contribution in [2.45, 2.75) is 116 Å². The molecule has 2 saturated carbocycles. The largest absolute Gasteiger partial charge is 0.390 e. The molecule has 3 fully saturated rings. The second-order valence-corrected chi connectivity index (χ2v) is 15.0. The van der Waals surface area contributed by atoms with Crippen molar-refractivity contribution < 1.29 is 42.7 Å². The molecule has 1 aliphatic heterocycles. The number of halogens is 2. The zero-order chi connectivity index (χ0) is 36.4. The van der Waals surface area contributed by atoms with E-state index in [9.17, 15) is 42.7 Å². The van der Waals surface area contributed by atoms with Crippen molar-refractivity contribution in [3.63, 3.8) is 0 Å². The van der Waals surface area contributed by atoms with E-state index in [4.69, 9.17) is 0 Å². The number of nitrogens with one attached hydrogen (secondary N) is 4.